The van der Waals surface area contributed by atoms with Crippen LogP contribution >= 0.6 is 0 Å². The molecule has 0 fully saturated rings. The number of methoxy groups -OCH3 is 1. The Kier molecular flexibility index (Phi) is 3.98. The van der Waals surface area contributed by atoms with Gasteiger partial charge in [0, 0.05) is 0 Å². The average molecular weight is 252 g/mol. The number of rotatable bonds is 2. The molecule has 2 rings (SSSR count). The van der Waals surface area contributed by atoms with Gasteiger partial charge in [0.05, 0.1) is 23.7 Å². The van der Waals surface area contributed by atoms with Gasteiger partial charge in [0.25, 0.3) is 17.4 Å². The summed E-state index contributed by atoms with van der Waals surface area (Å²) in [7, 11) is 1.32. The number of ether oxygens (including phenoxy) is 1. The number of benzene rings is 1. The number of nitrogens with one attached hydrogen (secondary N) is 1. The summed E-state index contributed by atoms with van der Waals surface area (Å²) < 4.78 is 4.82. The summed E-state index contributed by atoms with van der Waals surface area (Å²) in [4.78, 5) is 32.5. The van der Waals surface area contributed by atoms with Gasteiger partial charge in [-0.15, -0.1) is 0 Å². The van der Waals surface area contributed by atoms with Crippen molar-refractivity contribution in [3.05, 3.63) is 27.8 Å². The largest absolute Gasteiger partial charge is 0.496 e. The van der Waals surface area contributed by atoms with Crippen LogP contribution in [0.4, 0.5) is 11.4 Å². The molecule has 0 saturated heterocycles. The molecule has 1 N–H and O–H groups in total. The summed E-state index contributed by atoms with van der Waals surface area (Å²) in [6.07, 6.45) is 0. The molecule has 0 aromatic heterocycles. The molecule has 7 heteroatoms. The van der Waals surface area contributed by atoms with Gasteiger partial charge in [0.1, 0.15) is 11.4 Å². The number of Topliss-reactive ketones (excluding diaryl/α,β-unsaturated/α-hetero) is 1. The van der Waals surface area contributed by atoms with E-state index >= 15 is 0 Å². The van der Waals surface area contributed by atoms with Crippen molar-refractivity contribution in [2.75, 3.05) is 12.4 Å². The van der Waals surface area contributed by atoms with Crippen molar-refractivity contribution >= 4 is 23.1 Å². The Morgan fingerprint density at radius 2 is 1.89 bits per heavy atom. The van der Waals surface area contributed by atoms with Crippen molar-refractivity contribution in [2.45, 2.75) is 13.8 Å². The Morgan fingerprint density at radius 1 is 1.28 bits per heavy atom. The molecule has 96 valence electrons. The van der Waals surface area contributed by atoms with Crippen molar-refractivity contribution in [3.8, 4) is 5.75 Å². The van der Waals surface area contributed by atoms with E-state index in [2.05, 4.69) is 5.32 Å². The van der Waals surface area contributed by atoms with Gasteiger partial charge in [0.15, 0.2) is 0 Å². The molecule has 0 radical (unpaired) electrons. The number of amides is 1. The first-order valence-corrected chi connectivity index (χ1v) is 5.26. The summed E-state index contributed by atoms with van der Waals surface area (Å²) in [5.74, 6) is -1.50. The quantitative estimate of drug-likeness (QED) is 0.491. The number of nitro groups is 1. The molecular formula is C11H12N2O5. The first kappa shape index (κ1) is 13.6. The Bertz CT molecular complexity index is 524. The number of fused-ring (bicyclic) bond motifs is 1. The molecule has 1 aliphatic rings. The molecule has 1 aliphatic heterocycles. The number of carbonyl (C=O) groups excluding carboxylic acids is 2. The van der Waals surface area contributed by atoms with Gasteiger partial charge >= 0.3 is 0 Å². The summed E-state index contributed by atoms with van der Waals surface area (Å²) in [5.41, 5.74) is -0.453. The predicted octanol–water partition coefficient (Wildman–Crippen LogP) is 1.76. The Balaban J connectivity index is 0.000000771. The molecule has 0 spiro atoms. The van der Waals surface area contributed by atoms with Gasteiger partial charge in [-0.1, -0.05) is 13.8 Å². The summed E-state index contributed by atoms with van der Waals surface area (Å²) in [6.45, 7) is 4.00. The van der Waals surface area contributed by atoms with Crippen molar-refractivity contribution in [1.29, 1.82) is 0 Å². The molecule has 18 heavy (non-hydrogen) atoms. The molecule has 0 bridgehead atoms. The topological polar surface area (TPSA) is 98.5 Å². The van der Waals surface area contributed by atoms with E-state index in [4.69, 9.17) is 4.74 Å². The third kappa shape index (κ3) is 2.15. The fourth-order valence-electron chi connectivity index (χ4n) is 1.47. The van der Waals surface area contributed by atoms with E-state index in [0.717, 1.165) is 6.07 Å². The number of nitro benzene ring substituents is 1. The van der Waals surface area contributed by atoms with E-state index in [-0.39, 0.29) is 22.7 Å². The van der Waals surface area contributed by atoms with Crippen LogP contribution in [0.2, 0.25) is 0 Å². The molecule has 0 saturated carbocycles. The second-order valence-electron chi connectivity index (χ2n) is 3.11. The second-order valence-corrected chi connectivity index (χ2v) is 3.11. The number of carbonyl (C=O) groups is 2. The lowest BCUT2D eigenvalue weighted by molar-refractivity contribution is -0.384. The van der Waals surface area contributed by atoms with E-state index < -0.39 is 16.6 Å². The van der Waals surface area contributed by atoms with Gasteiger partial charge in [-0.3, -0.25) is 19.7 Å². The van der Waals surface area contributed by atoms with Gasteiger partial charge in [-0.25, -0.2) is 0 Å². The molecule has 1 heterocycles. The summed E-state index contributed by atoms with van der Waals surface area (Å²) in [5, 5.41) is 12.9. The standard InChI is InChI=1S/C9H6N2O5.C2H6/c1-16-4-2-5-7(6(3-4)11(14)15)10-9(13)8(5)12;1-2/h2-3H,1H3,(H,10,12,13);1-2H3. The highest BCUT2D eigenvalue weighted by molar-refractivity contribution is 6.52. The van der Waals surface area contributed by atoms with Gasteiger partial charge in [-0.05, 0) is 6.07 Å². The van der Waals surface area contributed by atoms with Gasteiger partial charge in [0.2, 0.25) is 0 Å². The maximum Gasteiger partial charge on any atom is 0.297 e. The third-order valence-corrected chi connectivity index (χ3v) is 2.21. The molecule has 1 aromatic carbocycles. The van der Waals surface area contributed by atoms with Crippen LogP contribution in [-0.2, 0) is 4.79 Å². The van der Waals surface area contributed by atoms with Crippen molar-refractivity contribution < 1.29 is 19.2 Å². The molecule has 0 atom stereocenters. The predicted molar refractivity (Wildman–Crippen MR) is 64.0 cm³/mol. The lowest BCUT2D eigenvalue weighted by Crippen LogP contribution is -2.12. The number of hydrogen-bond acceptors (Lipinski definition) is 5. The maximum atomic E-state index is 11.3. The van der Waals surface area contributed by atoms with Crippen LogP contribution in [0.3, 0.4) is 0 Å². The Morgan fingerprint density at radius 3 is 2.39 bits per heavy atom. The number of hydrogen-bond donors (Lipinski definition) is 1. The fourth-order valence-corrected chi connectivity index (χ4v) is 1.47. The van der Waals surface area contributed by atoms with E-state index in [1.807, 2.05) is 13.8 Å². The van der Waals surface area contributed by atoms with Crippen LogP contribution in [0.15, 0.2) is 12.1 Å². The lowest BCUT2D eigenvalue weighted by Gasteiger charge is -2.03. The fraction of sp³-hybridized carbons (Fsp3) is 0.273. The van der Waals surface area contributed by atoms with Crippen molar-refractivity contribution in [2.24, 2.45) is 0 Å². The van der Waals surface area contributed by atoms with Crippen LogP contribution in [0.1, 0.15) is 24.2 Å². The zero-order valence-corrected chi connectivity index (χ0v) is 10.1. The van der Waals surface area contributed by atoms with Gasteiger partial charge < -0.3 is 10.1 Å². The maximum absolute atomic E-state index is 11.3. The van der Waals surface area contributed by atoms with Crippen LogP contribution in [0, 0.1) is 10.1 Å². The highest BCUT2D eigenvalue weighted by atomic mass is 16.6. The normalized spacial score (nSPS) is 12.2. The first-order chi connectivity index (χ1) is 8.54. The number of anilines is 1. The average Bonchev–Trinajstić information content (AvgIpc) is 2.67. The SMILES string of the molecule is CC.COc1cc2c(c([N+](=O)[O-])c1)NC(=O)C2=O. The van der Waals surface area contributed by atoms with E-state index in [0.29, 0.717) is 0 Å². The van der Waals surface area contributed by atoms with Crippen LogP contribution in [-0.4, -0.2) is 23.7 Å². The monoisotopic (exact) mass is 252 g/mol. The zero-order chi connectivity index (χ0) is 13.9. The van der Waals surface area contributed by atoms with Crippen LogP contribution in [0.5, 0.6) is 5.75 Å². The first-order valence-electron chi connectivity index (χ1n) is 5.26. The molecule has 1 aromatic rings. The van der Waals surface area contributed by atoms with Crippen molar-refractivity contribution in [1.82, 2.24) is 0 Å². The Hall–Kier alpha value is -2.44. The van der Waals surface area contributed by atoms with Crippen LogP contribution < -0.4 is 10.1 Å². The molecular weight excluding hydrogens is 240 g/mol. The lowest BCUT2D eigenvalue weighted by atomic mass is 10.1. The van der Waals surface area contributed by atoms with Gasteiger partial charge in [-0.2, -0.15) is 0 Å². The summed E-state index contributed by atoms with van der Waals surface area (Å²) in [6, 6.07) is 2.44. The number of nitrogens with zero attached hydrogens (tertiary/aromatic N) is 1. The summed E-state index contributed by atoms with van der Waals surface area (Å²) >= 11 is 0. The second kappa shape index (κ2) is 5.26. The van der Waals surface area contributed by atoms with E-state index in [9.17, 15) is 19.7 Å². The van der Waals surface area contributed by atoms with Crippen LogP contribution in [0.25, 0.3) is 0 Å². The third-order valence-electron chi connectivity index (χ3n) is 2.21. The van der Waals surface area contributed by atoms with E-state index in [1.54, 1.807) is 0 Å². The zero-order valence-electron chi connectivity index (χ0n) is 10.1. The molecule has 0 unspecified atom stereocenters. The highest BCUT2D eigenvalue weighted by Crippen LogP contribution is 2.36. The smallest absolute Gasteiger partial charge is 0.297 e. The minimum atomic E-state index is -0.869. The minimum Gasteiger partial charge on any atom is -0.496 e. The number of ketones is 1. The molecule has 7 nitrogen and oxygen atoms in total. The highest BCUT2D eigenvalue weighted by Gasteiger charge is 2.35. The van der Waals surface area contributed by atoms with Crippen molar-refractivity contribution in [3.63, 3.8) is 0 Å². The van der Waals surface area contributed by atoms with E-state index in [1.165, 1.54) is 13.2 Å². The Labute approximate surface area is 103 Å². The minimum absolute atomic E-state index is 0.0314. The molecule has 1 amide bonds. The molecule has 0 aliphatic carbocycles.